The Kier molecular flexibility index (Phi) is 3.88. The van der Waals surface area contributed by atoms with E-state index < -0.39 is 0 Å². The van der Waals surface area contributed by atoms with Gasteiger partial charge in [0.2, 0.25) is 0 Å². The summed E-state index contributed by atoms with van der Waals surface area (Å²) in [6.45, 7) is 1.94. The summed E-state index contributed by atoms with van der Waals surface area (Å²) in [5.74, 6) is 4.50. The highest BCUT2D eigenvalue weighted by Gasteiger charge is 1.83. The van der Waals surface area contributed by atoms with Crippen molar-refractivity contribution in [3.63, 3.8) is 0 Å². The molecule has 0 aromatic rings. The van der Waals surface area contributed by atoms with Crippen LogP contribution in [0.5, 0.6) is 0 Å². The summed E-state index contributed by atoms with van der Waals surface area (Å²) in [5, 5.41) is 0. The van der Waals surface area contributed by atoms with Crippen molar-refractivity contribution in [1.29, 1.82) is 0 Å². The number of allylic oxidation sites excluding steroid dienone is 1. The average Bonchev–Trinajstić information content (AvgIpc) is 1.83. The van der Waals surface area contributed by atoms with Crippen LogP contribution in [0.25, 0.3) is 0 Å². The summed E-state index contributed by atoms with van der Waals surface area (Å²) in [5.41, 5.74) is 1.97. The third-order valence-corrected chi connectivity index (χ3v) is 0.647. The van der Waals surface area contributed by atoms with E-state index in [2.05, 4.69) is 0 Å². The number of hydrogen-bond acceptors (Lipinski definition) is 2. The van der Waals surface area contributed by atoms with Gasteiger partial charge in [-0.1, -0.05) is 13.0 Å². The molecule has 0 bridgehead atoms. The molecular formula is C5H10N2O. The number of carbonyl (C=O) groups excluding carboxylic acids is 1. The zero-order chi connectivity index (χ0) is 6.41. The van der Waals surface area contributed by atoms with Crippen molar-refractivity contribution < 1.29 is 4.79 Å². The van der Waals surface area contributed by atoms with Gasteiger partial charge in [0, 0.05) is 6.08 Å². The highest BCUT2D eigenvalue weighted by molar-refractivity contribution is 5.86. The van der Waals surface area contributed by atoms with Crippen LogP contribution in [0.4, 0.5) is 0 Å². The van der Waals surface area contributed by atoms with Gasteiger partial charge in [0.1, 0.15) is 0 Å². The number of nitrogens with one attached hydrogen (secondary N) is 1. The quantitative estimate of drug-likeness (QED) is 0.229. The first-order valence-electron chi connectivity index (χ1n) is 2.48. The van der Waals surface area contributed by atoms with Crippen molar-refractivity contribution in [2.45, 2.75) is 13.3 Å². The molecule has 46 valence electrons. The molecule has 0 aliphatic heterocycles. The first-order valence-corrected chi connectivity index (χ1v) is 2.48. The predicted molar refractivity (Wildman–Crippen MR) is 31.8 cm³/mol. The molecule has 0 unspecified atom stereocenters. The average molecular weight is 114 g/mol. The third-order valence-electron chi connectivity index (χ3n) is 0.647. The number of nitrogens with two attached hydrogens (primary N) is 1. The number of hydrazine groups is 1. The smallest absolute Gasteiger partial charge is 0.257 e. The summed E-state index contributed by atoms with van der Waals surface area (Å²) in [6, 6.07) is 0. The van der Waals surface area contributed by atoms with Gasteiger partial charge < -0.3 is 0 Å². The zero-order valence-electron chi connectivity index (χ0n) is 4.85. The lowest BCUT2D eigenvalue weighted by atomic mass is 10.4. The van der Waals surface area contributed by atoms with E-state index in [0.29, 0.717) is 0 Å². The molecule has 0 aliphatic carbocycles. The largest absolute Gasteiger partial charge is 0.291 e. The first-order chi connectivity index (χ1) is 3.81. The van der Waals surface area contributed by atoms with E-state index >= 15 is 0 Å². The molecule has 0 radical (unpaired) electrons. The fourth-order valence-electron chi connectivity index (χ4n) is 0.273. The Labute approximate surface area is 48.5 Å². The molecule has 0 fully saturated rings. The fraction of sp³-hybridized carbons (Fsp3) is 0.400. The Bertz CT molecular complexity index is 98.6. The van der Waals surface area contributed by atoms with Gasteiger partial charge in [-0.25, -0.2) is 5.84 Å². The van der Waals surface area contributed by atoms with E-state index in [9.17, 15) is 4.79 Å². The highest BCUT2D eigenvalue weighted by atomic mass is 16.2. The molecule has 0 heterocycles. The summed E-state index contributed by atoms with van der Waals surface area (Å²) < 4.78 is 0. The van der Waals surface area contributed by atoms with Crippen molar-refractivity contribution in [3.8, 4) is 0 Å². The number of amides is 1. The second kappa shape index (κ2) is 4.33. The number of carbonyl (C=O) groups is 1. The van der Waals surface area contributed by atoms with Crippen molar-refractivity contribution >= 4 is 5.91 Å². The van der Waals surface area contributed by atoms with Gasteiger partial charge >= 0.3 is 0 Å². The second-order valence-electron chi connectivity index (χ2n) is 1.32. The maximum atomic E-state index is 10.2. The summed E-state index contributed by atoms with van der Waals surface area (Å²) in [4.78, 5) is 10.2. The molecule has 0 saturated heterocycles. The molecule has 0 rings (SSSR count). The van der Waals surface area contributed by atoms with E-state index in [1.165, 1.54) is 6.08 Å². The van der Waals surface area contributed by atoms with Gasteiger partial charge in [0.15, 0.2) is 0 Å². The Balaban J connectivity index is 3.37. The lowest BCUT2D eigenvalue weighted by Gasteiger charge is -1.86. The minimum Gasteiger partial charge on any atom is -0.291 e. The summed E-state index contributed by atoms with van der Waals surface area (Å²) >= 11 is 0. The highest BCUT2D eigenvalue weighted by Crippen LogP contribution is 1.76. The standard InChI is InChI=1S/C5H10N2O/c1-2-3-4-5(8)7-6/h3-4H,2,6H2,1H3,(H,7,8). The fourth-order valence-corrected chi connectivity index (χ4v) is 0.273. The van der Waals surface area contributed by atoms with E-state index in [0.717, 1.165) is 6.42 Å². The summed E-state index contributed by atoms with van der Waals surface area (Å²) in [7, 11) is 0. The number of rotatable bonds is 2. The van der Waals surface area contributed by atoms with E-state index in [-0.39, 0.29) is 5.91 Å². The molecule has 0 aromatic heterocycles. The molecule has 8 heavy (non-hydrogen) atoms. The van der Waals surface area contributed by atoms with E-state index in [4.69, 9.17) is 5.84 Å². The van der Waals surface area contributed by atoms with Crippen LogP contribution < -0.4 is 11.3 Å². The van der Waals surface area contributed by atoms with Crippen molar-refractivity contribution in [2.75, 3.05) is 0 Å². The molecule has 3 nitrogen and oxygen atoms in total. The predicted octanol–water partition coefficient (Wildman–Crippen LogP) is -0.0575. The van der Waals surface area contributed by atoms with Gasteiger partial charge in [-0.05, 0) is 6.42 Å². The molecule has 0 saturated carbocycles. The maximum Gasteiger partial charge on any atom is 0.257 e. The van der Waals surface area contributed by atoms with Gasteiger partial charge in [0.05, 0.1) is 0 Å². The Morgan fingerprint density at radius 2 is 2.50 bits per heavy atom. The van der Waals surface area contributed by atoms with Crippen LogP contribution in [0.3, 0.4) is 0 Å². The first kappa shape index (κ1) is 7.17. The molecular weight excluding hydrogens is 104 g/mol. The minimum absolute atomic E-state index is 0.258. The molecule has 0 aliphatic rings. The van der Waals surface area contributed by atoms with Gasteiger partial charge in [0.25, 0.3) is 5.91 Å². The lowest BCUT2D eigenvalue weighted by molar-refractivity contribution is -0.116. The molecule has 3 heteroatoms. The van der Waals surface area contributed by atoms with Crippen LogP contribution in [0.15, 0.2) is 12.2 Å². The molecule has 0 atom stereocenters. The minimum atomic E-state index is -0.258. The Hall–Kier alpha value is -0.830. The maximum absolute atomic E-state index is 10.2. The van der Waals surface area contributed by atoms with Crippen LogP contribution in [-0.2, 0) is 4.79 Å². The van der Waals surface area contributed by atoms with Crippen LogP contribution in [-0.4, -0.2) is 5.91 Å². The van der Waals surface area contributed by atoms with Crippen molar-refractivity contribution in [1.82, 2.24) is 5.43 Å². The third kappa shape index (κ3) is 3.36. The van der Waals surface area contributed by atoms with Crippen LogP contribution >= 0.6 is 0 Å². The second-order valence-corrected chi connectivity index (χ2v) is 1.32. The number of hydrogen-bond donors (Lipinski definition) is 2. The molecule has 1 amide bonds. The zero-order valence-corrected chi connectivity index (χ0v) is 4.85. The van der Waals surface area contributed by atoms with Crippen molar-refractivity contribution in [3.05, 3.63) is 12.2 Å². The Morgan fingerprint density at radius 3 is 2.88 bits per heavy atom. The van der Waals surface area contributed by atoms with Crippen molar-refractivity contribution in [2.24, 2.45) is 5.84 Å². The molecule has 3 N–H and O–H groups in total. The van der Waals surface area contributed by atoms with Gasteiger partial charge in [-0.3, -0.25) is 10.2 Å². The van der Waals surface area contributed by atoms with E-state index in [1.54, 1.807) is 6.08 Å². The van der Waals surface area contributed by atoms with Gasteiger partial charge in [-0.15, -0.1) is 0 Å². The molecule has 0 aromatic carbocycles. The Morgan fingerprint density at radius 1 is 1.88 bits per heavy atom. The van der Waals surface area contributed by atoms with E-state index in [1.807, 2.05) is 12.3 Å². The van der Waals surface area contributed by atoms with Gasteiger partial charge in [-0.2, -0.15) is 0 Å². The van der Waals surface area contributed by atoms with Crippen LogP contribution in [0.2, 0.25) is 0 Å². The normalized spacial score (nSPS) is 9.75. The summed E-state index contributed by atoms with van der Waals surface area (Å²) in [6.07, 6.45) is 4.00. The molecule has 0 spiro atoms. The lowest BCUT2D eigenvalue weighted by Crippen LogP contribution is -2.27. The van der Waals surface area contributed by atoms with Crippen LogP contribution in [0.1, 0.15) is 13.3 Å². The monoisotopic (exact) mass is 114 g/mol. The topological polar surface area (TPSA) is 55.1 Å². The SMILES string of the molecule is CCC=CC(=O)NN. The van der Waals surface area contributed by atoms with Crippen LogP contribution in [0, 0.1) is 0 Å².